The Kier molecular flexibility index (Phi) is 4.95. The normalized spacial score (nSPS) is 27.6. The van der Waals surface area contributed by atoms with Crippen LogP contribution in [0.2, 0.25) is 18.1 Å². The molecule has 1 fully saturated rings. The molecule has 1 aliphatic heterocycles. The number of ether oxygens (including phenoxy) is 1. The van der Waals surface area contributed by atoms with Crippen molar-refractivity contribution in [3.8, 4) is 0 Å². The SMILES string of the molecule is CCC1(OC(C)=O)NC(=O)[C@@H]1[C@@H](C)O[Si](C)(C)C(C)(C)C. The third-order valence-corrected chi connectivity index (χ3v) is 9.30. The highest BCUT2D eigenvalue weighted by atomic mass is 28.4. The standard InChI is InChI=1S/C15H29NO4Si/c1-9-15(19-11(3)17)12(13(18)16-15)10(2)20-21(7,8)14(4,5)6/h10,12H,9H2,1-8H3,(H,16,18)/t10-,12+,15?/m1/s1. The predicted octanol–water partition coefficient (Wildman–Crippen LogP) is 2.81. The minimum atomic E-state index is -1.98. The van der Waals surface area contributed by atoms with Gasteiger partial charge in [-0.2, -0.15) is 0 Å². The Hall–Kier alpha value is -0.883. The molecule has 0 aromatic rings. The summed E-state index contributed by atoms with van der Waals surface area (Å²) < 4.78 is 11.7. The summed E-state index contributed by atoms with van der Waals surface area (Å²) in [5.74, 6) is -0.939. The molecule has 0 spiro atoms. The Morgan fingerprint density at radius 1 is 1.43 bits per heavy atom. The Labute approximate surface area is 128 Å². The number of nitrogens with one attached hydrogen (secondary N) is 1. The molecule has 6 heteroatoms. The molecule has 0 radical (unpaired) electrons. The highest BCUT2D eigenvalue weighted by molar-refractivity contribution is 6.74. The van der Waals surface area contributed by atoms with Gasteiger partial charge in [0.15, 0.2) is 14.0 Å². The van der Waals surface area contributed by atoms with E-state index < -0.39 is 20.0 Å². The minimum absolute atomic E-state index is 0.0673. The molecular weight excluding hydrogens is 286 g/mol. The second kappa shape index (κ2) is 5.72. The summed E-state index contributed by atoms with van der Waals surface area (Å²) >= 11 is 0. The second-order valence-electron chi connectivity index (χ2n) is 7.39. The third-order valence-electron chi connectivity index (χ3n) is 4.73. The van der Waals surface area contributed by atoms with Crippen LogP contribution < -0.4 is 5.32 Å². The lowest BCUT2D eigenvalue weighted by Gasteiger charge is -2.51. The van der Waals surface area contributed by atoms with Gasteiger partial charge in [-0.1, -0.05) is 27.7 Å². The maximum Gasteiger partial charge on any atom is 0.304 e. The predicted molar refractivity (Wildman–Crippen MR) is 84.2 cm³/mol. The van der Waals surface area contributed by atoms with Gasteiger partial charge in [-0.05, 0) is 25.1 Å². The molecule has 1 heterocycles. The third kappa shape index (κ3) is 3.48. The van der Waals surface area contributed by atoms with Gasteiger partial charge in [0.05, 0.1) is 6.10 Å². The summed E-state index contributed by atoms with van der Waals surface area (Å²) in [6, 6.07) is 0. The van der Waals surface area contributed by atoms with Crippen LogP contribution in [0.5, 0.6) is 0 Å². The number of carbonyl (C=O) groups excluding carboxylic acids is 2. The molecule has 5 nitrogen and oxygen atoms in total. The number of β-lactam (4-membered cyclic amide) rings is 1. The van der Waals surface area contributed by atoms with E-state index in [1.807, 2.05) is 13.8 Å². The van der Waals surface area contributed by atoms with Crippen LogP contribution in [-0.2, 0) is 18.8 Å². The van der Waals surface area contributed by atoms with Crippen molar-refractivity contribution in [2.45, 2.75) is 77.9 Å². The molecule has 0 aliphatic carbocycles. The van der Waals surface area contributed by atoms with Gasteiger partial charge in [-0.3, -0.25) is 9.59 Å². The lowest BCUT2D eigenvalue weighted by atomic mass is 9.80. The van der Waals surface area contributed by atoms with Crippen molar-refractivity contribution in [1.82, 2.24) is 5.32 Å². The lowest BCUT2D eigenvalue weighted by molar-refractivity contribution is -0.203. The first-order chi connectivity index (χ1) is 9.36. The maximum absolute atomic E-state index is 12.0. The molecular formula is C15H29NO4Si. The van der Waals surface area contributed by atoms with E-state index in [0.29, 0.717) is 6.42 Å². The van der Waals surface area contributed by atoms with Crippen molar-refractivity contribution in [2.75, 3.05) is 0 Å². The molecule has 0 saturated carbocycles. The summed E-state index contributed by atoms with van der Waals surface area (Å²) in [5, 5.41) is 2.81. The zero-order valence-electron chi connectivity index (χ0n) is 14.5. The Balaban J connectivity index is 2.92. The molecule has 1 saturated heterocycles. The average Bonchev–Trinajstić information content (AvgIpc) is 2.23. The second-order valence-corrected chi connectivity index (χ2v) is 12.1. The van der Waals surface area contributed by atoms with Gasteiger partial charge in [-0.15, -0.1) is 0 Å². The van der Waals surface area contributed by atoms with Crippen LogP contribution in [0, 0.1) is 5.92 Å². The minimum Gasteiger partial charge on any atom is -0.438 e. The first-order valence-corrected chi connectivity index (χ1v) is 10.5. The van der Waals surface area contributed by atoms with Crippen LogP contribution in [0.4, 0.5) is 0 Å². The van der Waals surface area contributed by atoms with Gasteiger partial charge in [0.1, 0.15) is 5.92 Å². The number of hydrogen-bond acceptors (Lipinski definition) is 4. The van der Waals surface area contributed by atoms with Gasteiger partial charge in [0, 0.05) is 13.3 Å². The number of rotatable bonds is 5. The van der Waals surface area contributed by atoms with E-state index in [2.05, 4.69) is 39.2 Å². The van der Waals surface area contributed by atoms with E-state index >= 15 is 0 Å². The monoisotopic (exact) mass is 315 g/mol. The number of amides is 1. The topological polar surface area (TPSA) is 64.6 Å². The fourth-order valence-corrected chi connectivity index (χ4v) is 3.94. The van der Waals surface area contributed by atoms with Crippen LogP contribution in [-0.4, -0.2) is 32.0 Å². The summed E-state index contributed by atoms with van der Waals surface area (Å²) in [7, 11) is -1.98. The largest absolute Gasteiger partial charge is 0.438 e. The van der Waals surface area contributed by atoms with Crippen LogP contribution in [0.3, 0.4) is 0 Å². The molecule has 122 valence electrons. The highest BCUT2D eigenvalue weighted by Gasteiger charge is 2.59. The summed E-state index contributed by atoms with van der Waals surface area (Å²) in [5.41, 5.74) is -0.912. The van der Waals surface area contributed by atoms with E-state index in [4.69, 9.17) is 9.16 Å². The van der Waals surface area contributed by atoms with Gasteiger partial charge >= 0.3 is 5.97 Å². The van der Waals surface area contributed by atoms with Crippen molar-refractivity contribution < 1.29 is 18.8 Å². The molecule has 0 bridgehead atoms. The lowest BCUT2D eigenvalue weighted by Crippen LogP contribution is -2.74. The number of hydrogen-bond donors (Lipinski definition) is 1. The van der Waals surface area contributed by atoms with E-state index in [1.54, 1.807) is 0 Å². The first kappa shape index (κ1) is 18.2. The fraction of sp³-hybridized carbons (Fsp3) is 0.867. The molecule has 1 N–H and O–H groups in total. The Morgan fingerprint density at radius 3 is 2.29 bits per heavy atom. The quantitative estimate of drug-likeness (QED) is 0.481. The van der Waals surface area contributed by atoms with Gasteiger partial charge in [0.25, 0.3) is 0 Å². The molecule has 3 atom stereocenters. The van der Waals surface area contributed by atoms with Crippen molar-refractivity contribution in [1.29, 1.82) is 0 Å². The highest BCUT2D eigenvalue weighted by Crippen LogP contribution is 2.41. The fourth-order valence-electron chi connectivity index (χ4n) is 2.53. The first-order valence-electron chi connectivity index (χ1n) is 7.56. The van der Waals surface area contributed by atoms with Crippen LogP contribution >= 0.6 is 0 Å². The zero-order valence-corrected chi connectivity index (χ0v) is 15.5. The van der Waals surface area contributed by atoms with Gasteiger partial charge in [0.2, 0.25) is 5.91 Å². The molecule has 0 aromatic carbocycles. The summed E-state index contributed by atoms with van der Waals surface area (Å²) in [4.78, 5) is 23.3. The van der Waals surface area contributed by atoms with E-state index in [1.165, 1.54) is 6.92 Å². The van der Waals surface area contributed by atoms with Crippen molar-refractivity contribution in [2.24, 2.45) is 5.92 Å². The number of carbonyl (C=O) groups is 2. The summed E-state index contributed by atoms with van der Waals surface area (Å²) in [6.45, 7) is 15.9. The average molecular weight is 315 g/mol. The van der Waals surface area contributed by atoms with Gasteiger partial charge < -0.3 is 14.5 Å². The van der Waals surface area contributed by atoms with Crippen LogP contribution in [0.25, 0.3) is 0 Å². The van der Waals surface area contributed by atoms with E-state index in [9.17, 15) is 9.59 Å². The molecule has 1 aliphatic rings. The van der Waals surface area contributed by atoms with Crippen molar-refractivity contribution >= 4 is 20.2 Å². The van der Waals surface area contributed by atoms with Crippen LogP contribution in [0.15, 0.2) is 0 Å². The van der Waals surface area contributed by atoms with Crippen LogP contribution in [0.1, 0.15) is 48.0 Å². The zero-order chi connectivity index (χ0) is 16.6. The Morgan fingerprint density at radius 2 is 1.95 bits per heavy atom. The maximum atomic E-state index is 12.0. The van der Waals surface area contributed by atoms with Gasteiger partial charge in [-0.25, -0.2) is 0 Å². The van der Waals surface area contributed by atoms with Crippen molar-refractivity contribution in [3.05, 3.63) is 0 Å². The van der Waals surface area contributed by atoms with E-state index in [0.717, 1.165) is 0 Å². The Bertz CT molecular complexity index is 430. The molecule has 1 amide bonds. The summed E-state index contributed by atoms with van der Waals surface area (Å²) in [6.07, 6.45) is 0.257. The molecule has 0 aromatic heterocycles. The van der Waals surface area contributed by atoms with Crippen molar-refractivity contribution in [3.63, 3.8) is 0 Å². The molecule has 1 rings (SSSR count). The number of esters is 1. The van der Waals surface area contributed by atoms with E-state index in [-0.39, 0.29) is 23.0 Å². The smallest absolute Gasteiger partial charge is 0.304 e. The molecule has 1 unspecified atom stereocenters. The molecule has 21 heavy (non-hydrogen) atoms.